The zero-order valence-electron chi connectivity index (χ0n) is 21.5. The number of anilines is 2. The number of nitrogen functional groups attached to an aromatic ring is 1. The molecule has 9 nitrogen and oxygen atoms in total. The van der Waals surface area contributed by atoms with Gasteiger partial charge in [0.25, 0.3) is 0 Å². The average Bonchev–Trinajstić information content (AvgIpc) is 3.36. The van der Waals surface area contributed by atoms with Crippen molar-refractivity contribution in [2.45, 2.75) is 31.5 Å². The predicted octanol–water partition coefficient (Wildman–Crippen LogP) is 3.65. The van der Waals surface area contributed by atoms with Crippen molar-refractivity contribution in [3.05, 3.63) is 72.3 Å². The third-order valence-corrected chi connectivity index (χ3v) is 8.02. The maximum atomic E-state index is 6.33. The number of fused-ring (bicyclic) bond motifs is 3. The van der Waals surface area contributed by atoms with Gasteiger partial charge in [-0.05, 0) is 47.7 Å². The van der Waals surface area contributed by atoms with Gasteiger partial charge in [-0.25, -0.2) is 14.5 Å². The molecule has 2 bridgehead atoms. The van der Waals surface area contributed by atoms with E-state index in [4.69, 9.17) is 20.2 Å². The quantitative estimate of drug-likeness (QED) is 0.421. The summed E-state index contributed by atoms with van der Waals surface area (Å²) in [4.78, 5) is 14.3. The van der Waals surface area contributed by atoms with Gasteiger partial charge in [-0.2, -0.15) is 5.10 Å². The summed E-state index contributed by atoms with van der Waals surface area (Å²) in [6, 6.07) is 11.6. The molecule has 2 atom stereocenters. The number of hydrogen-bond acceptors (Lipinski definition) is 8. The van der Waals surface area contributed by atoms with E-state index in [-0.39, 0.29) is 0 Å². The van der Waals surface area contributed by atoms with E-state index in [1.54, 1.807) is 13.3 Å². The van der Waals surface area contributed by atoms with Crippen LogP contribution in [0.2, 0.25) is 0 Å². The molecule has 4 aromatic heterocycles. The maximum absolute atomic E-state index is 6.33. The van der Waals surface area contributed by atoms with Crippen LogP contribution in [0, 0.1) is 0 Å². The molecule has 2 N–H and O–H groups in total. The highest BCUT2D eigenvalue weighted by Crippen LogP contribution is 2.37. The van der Waals surface area contributed by atoms with Gasteiger partial charge in [0.05, 0.1) is 37.7 Å². The van der Waals surface area contributed by atoms with Crippen LogP contribution in [0.3, 0.4) is 0 Å². The number of nitrogens with two attached hydrogens (primary N) is 1. The predicted molar refractivity (Wildman–Crippen MR) is 147 cm³/mol. The summed E-state index contributed by atoms with van der Waals surface area (Å²) in [5, 5.41) is 4.49. The molecule has 3 fully saturated rings. The Hall–Kier alpha value is -3.95. The molecule has 4 aliphatic rings. The fourth-order valence-corrected chi connectivity index (χ4v) is 6.00. The Balaban J connectivity index is 1.10. The van der Waals surface area contributed by atoms with Crippen LogP contribution < -0.4 is 15.4 Å². The lowest BCUT2D eigenvalue weighted by molar-refractivity contribution is -0.00876. The van der Waals surface area contributed by atoms with Gasteiger partial charge in [0, 0.05) is 67.5 Å². The van der Waals surface area contributed by atoms with Gasteiger partial charge < -0.3 is 20.1 Å². The molecule has 0 saturated carbocycles. The molecule has 0 aromatic carbocycles. The first kappa shape index (κ1) is 23.2. The van der Waals surface area contributed by atoms with E-state index < -0.39 is 0 Å². The Morgan fingerprint density at radius 2 is 1.95 bits per heavy atom. The number of piperazine rings is 1. The minimum absolute atomic E-state index is 0.534. The Labute approximate surface area is 221 Å². The highest BCUT2D eigenvalue weighted by molar-refractivity contribution is 5.90. The number of hydrogen-bond donors (Lipinski definition) is 1. The van der Waals surface area contributed by atoms with Crippen LogP contribution in [-0.2, 0) is 11.3 Å². The smallest absolute Gasteiger partial charge is 0.212 e. The Morgan fingerprint density at radius 3 is 2.66 bits per heavy atom. The van der Waals surface area contributed by atoms with E-state index >= 15 is 0 Å². The first-order valence-electron chi connectivity index (χ1n) is 13.2. The van der Waals surface area contributed by atoms with Crippen molar-refractivity contribution in [2.75, 3.05) is 44.0 Å². The Kier molecular flexibility index (Phi) is 5.74. The molecule has 38 heavy (non-hydrogen) atoms. The van der Waals surface area contributed by atoms with Crippen molar-refractivity contribution in [1.82, 2.24) is 24.5 Å². The van der Waals surface area contributed by atoms with E-state index in [2.05, 4.69) is 50.2 Å². The van der Waals surface area contributed by atoms with E-state index in [0.29, 0.717) is 30.3 Å². The highest BCUT2D eigenvalue weighted by atomic mass is 16.5. The minimum atomic E-state index is 0.534. The molecule has 3 saturated heterocycles. The normalized spacial score (nSPS) is 21.3. The van der Waals surface area contributed by atoms with Gasteiger partial charge in [-0.3, -0.25) is 4.90 Å². The molecule has 8 rings (SSSR count). The van der Waals surface area contributed by atoms with Crippen LogP contribution in [0.25, 0.3) is 22.2 Å². The van der Waals surface area contributed by atoms with E-state index in [9.17, 15) is 0 Å². The fourth-order valence-electron chi connectivity index (χ4n) is 6.00. The molecule has 0 radical (unpaired) electrons. The summed E-state index contributed by atoms with van der Waals surface area (Å²) < 4.78 is 12.8. The summed E-state index contributed by atoms with van der Waals surface area (Å²) >= 11 is 0. The second kappa shape index (κ2) is 9.41. The highest BCUT2D eigenvalue weighted by Gasteiger charge is 2.44. The van der Waals surface area contributed by atoms with Crippen molar-refractivity contribution in [3.63, 3.8) is 0 Å². The van der Waals surface area contributed by atoms with E-state index in [1.807, 2.05) is 29.2 Å². The van der Waals surface area contributed by atoms with Gasteiger partial charge in [0.2, 0.25) is 5.88 Å². The summed E-state index contributed by atoms with van der Waals surface area (Å²) in [7, 11) is 1.65. The first-order chi connectivity index (χ1) is 18.7. The summed E-state index contributed by atoms with van der Waals surface area (Å²) in [6.07, 6.45) is 12.0. The summed E-state index contributed by atoms with van der Waals surface area (Å²) in [5.74, 6) is 1.67. The van der Waals surface area contributed by atoms with Crippen molar-refractivity contribution >= 4 is 22.6 Å². The second-order valence-corrected chi connectivity index (χ2v) is 10.3. The average molecular weight is 510 g/mol. The number of nitrogens with zero attached hydrogens (tertiary/aromatic N) is 6. The molecule has 8 heterocycles. The number of methoxy groups -OCH3 is 1. The van der Waals surface area contributed by atoms with Crippen LogP contribution in [0.15, 0.2) is 61.2 Å². The number of pyridine rings is 3. The van der Waals surface area contributed by atoms with Gasteiger partial charge in [-0.1, -0.05) is 12.1 Å². The van der Waals surface area contributed by atoms with E-state index in [0.717, 1.165) is 60.7 Å². The molecule has 4 aliphatic heterocycles. The second-order valence-electron chi connectivity index (χ2n) is 10.3. The van der Waals surface area contributed by atoms with Gasteiger partial charge in [0.1, 0.15) is 5.82 Å². The van der Waals surface area contributed by atoms with Crippen molar-refractivity contribution in [1.29, 1.82) is 0 Å². The zero-order valence-corrected chi connectivity index (χ0v) is 21.5. The van der Waals surface area contributed by atoms with Gasteiger partial charge in [0.15, 0.2) is 0 Å². The minimum Gasteiger partial charge on any atom is -0.481 e. The lowest BCUT2D eigenvalue weighted by atomic mass is 9.87. The molecule has 0 aliphatic carbocycles. The fraction of sp³-hybridized carbons (Fsp3) is 0.345. The standard InChI is InChI=1S/C29H31N7O2/c1-37-28-7-4-19(11-32-28)14-35-23-10-24(35)17-34(16-23)27-6-5-20(12-31-27)25-9-22(21-3-2-8-38-18-21)15-36-29(25)26(30)13-33-36/h3-7,9,11-13,15,23-24H,2,8,10,14,16-18,30H2,1H3. The number of aromatic nitrogens is 4. The number of ether oxygens (including phenoxy) is 2. The first-order valence-corrected chi connectivity index (χ1v) is 13.2. The number of piperidine rings is 1. The Morgan fingerprint density at radius 1 is 1.05 bits per heavy atom. The summed E-state index contributed by atoms with van der Waals surface area (Å²) in [6.45, 7) is 4.27. The topological polar surface area (TPSA) is 94.0 Å². The molecule has 194 valence electrons. The lowest BCUT2D eigenvalue weighted by Gasteiger charge is -2.56. The third kappa shape index (κ3) is 4.08. The SMILES string of the molecule is COc1ccc(CN2C3CC2CN(c2ccc(-c4cc(C5=CCCOC5)cn5ncc(N)c45)cn2)C3)cn1. The molecule has 0 amide bonds. The van der Waals surface area contributed by atoms with Crippen LogP contribution in [0.1, 0.15) is 24.0 Å². The number of rotatable bonds is 6. The van der Waals surface area contributed by atoms with Crippen molar-refractivity contribution in [2.24, 2.45) is 0 Å². The Bertz CT molecular complexity index is 1480. The monoisotopic (exact) mass is 509 g/mol. The third-order valence-electron chi connectivity index (χ3n) is 8.02. The van der Waals surface area contributed by atoms with Gasteiger partial charge >= 0.3 is 0 Å². The van der Waals surface area contributed by atoms with Crippen molar-refractivity contribution in [3.8, 4) is 17.0 Å². The molecular weight excluding hydrogens is 478 g/mol. The van der Waals surface area contributed by atoms with E-state index in [1.165, 1.54) is 17.6 Å². The maximum Gasteiger partial charge on any atom is 0.212 e. The molecule has 4 aromatic rings. The van der Waals surface area contributed by atoms with Crippen LogP contribution in [0.5, 0.6) is 5.88 Å². The largest absolute Gasteiger partial charge is 0.481 e. The van der Waals surface area contributed by atoms with Crippen LogP contribution in [-0.4, -0.2) is 70.0 Å². The van der Waals surface area contributed by atoms with Gasteiger partial charge in [-0.15, -0.1) is 0 Å². The molecule has 9 heteroatoms. The summed E-state index contributed by atoms with van der Waals surface area (Å²) in [5.41, 5.74) is 13.5. The molecule has 2 unspecified atom stereocenters. The molecule has 0 spiro atoms. The molecular formula is C29H31N7O2. The van der Waals surface area contributed by atoms with Crippen molar-refractivity contribution < 1.29 is 9.47 Å². The zero-order chi connectivity index (χ0) is 25.6. The van der Waals surface area contributed by atoms with Crippen LogP contribution >= 0.6 is 0 Å². The van der Waals surface area contributed by atoms with Crippen LogP contribution in [0.4, 0.5) is 11.5 Å². The lowest BCUT2D eigenvalue weighted by Crippen LogP contribution is -2.68.